The molecule has 2 rings (SSSR count). The van der Waals surface area contributed by atoms with Crippen molar-refractivity contribution in [3.63, 3.8) is 0 Å². The van der Waals surface area contributed by atoms with Crippen molar-refractivity contribution in [2.45, 2.75) is 64.1 Å². The number of amides is 1. The number of nitrogens with two attached hydrogens (primary N) is 1. The van der Waals surface area contributed by atoms with Gasteiger partial charge in [0.25, 0.3) is 5.91 Å². The fourth-order valence-electron chi connectivity index (χ4n) is 2.75. The maximum atomic E-state index is 12.2. The first kappa shape index (κ1) is 15.8. The Morgan fingerprint density at radius 3 is 2.71 bits per heavy atom. The van der Waals surface area contributed by atoms with Gasteiger partial charge in [0.15, 0.2) is 6.10 Å². The van der Waals surface area contributed by atoms with Gasteiger partial charge in [0.05, 0.1) is 0 Å². The molecule has 4 heteroatoms. The van der Waals surface area contributed by atoms with E-state index >= 15 is 0 Å². The monoisotopic (exact) mass is 290 g/mol. The lowest BCUT2D eigenvalue weighted by atomic mass is 10.0. The van der Waals surface area contributed by atoms with Crippen molar-refractivity contribution >= 4 is 5.91 Å². The van der Waals surface area contributed by atoms with Crippen molar-refractivity contribution < 1.29 is 9.53 Å². The molecule has 0 aliphatic heterocycles. The predicted octanol–water partition coefficient (Wildman–Crippen LogP) is 2.92. The third-order valence-corrected chi connectivity index (χ3v) is 4.13. The van der Waals surface area contributed by atoms with Gasteiger partial charge in [-0.15, -0.1) is 0 Å². The van der Waals surface area contributed by atoms with E-state index in [1.807, 2.05) is 31.2 Å². The Balaban J connectivity index is 1.98. The van der Waals surface area contributed by atoms with Gasteiger partial charge in [-0.2, -0.15) is 0 Å². The summed E-state index contributed by atoms with van der Waals surface area (Å²) in [4.78, 5) is 12.2. The lowest BCUT2D eigenvalue weighted by Gasteiger charge is -2.21. The summed E-state index contributed by atoms with van der Waals surface area (Å²) in [6.45, 7) is 3.83. The Kier molecular flexibility index (Phi) is 5.62. The predicted molar refractivity (Wildman–Crippen MR) is 84.2 cm³/mol. The second kappa shape index (κ2) is 7.46. The average molecular weight is 290 g/mol. The van der Waals surface area contributed by atoms with Crippen LogP contribution in [0.5, 0.6) is 5.75 Å². The Morgan fingerprint density at radius 2 is 2.05 bits per heavy atom. The second-order valence-corrected chi connectivity index (χ2v) is 5.80. The number of para-hydroxylation sites is 1. The van der Waals surface area contributed by atoms with Crippen LogP contribution in [0.1, 0.15) is 57.6 Å². The molecule has 1 aliphatic carbocycles. The van der Waals surface area contributed by atoms with Crippen molar-refractivity contribution in [3.05, 3.63) is 29.8 Å². The van der Waals surface area contributed by atoms with E-state index in [0.717, 1.165) is 24.8 Å². The lowest BCUT2D eigenvalue weighted by molar-refractivity contribution is -0.128. The highest BCUT2D eigenvalue weighted by Crippen LogP contribution is 2.26. The first-order valence-corrected chi connectivity index (χ1v) is 7.93. The minimum atomic E-state index is -0.504. The molecule has 4 nitrogen and oxygen atoms in total. The topological polar surface area (TPSA) is 64.3 Å². The standard InChI is InChI=1S/C17H26N2O2/c1-3-15(18)14-10-6-7-11-16(14)21-12(2)17(20)19-13-8-4-5-9-13/h6-7,10-13,15H,3-5,8-9,18H2,1-2H3,(H,19,20)/t12?,15-/m0/s1. The fourth-order valence-corrected chi connectivity index (χ4v) is 2.75. The molecule has 0 saturated heterocycles. The van der Waals surface area contributed by atoms with Crippen molar-refractivity contribution in [2.75, 3.05) is 0 Å². The van der Waals surface area contributed by atoms with Crippen LogP contribution in [0.25, 0.3) is 0 Å². The van der Waals surface area contributed by atoms with Crippen molar-refractivity contribution in [1.82, 2.24) is 5.32 Å². The molecule has 1 aromatic carbocycles. The molecule has 116 valence electrons. The van der Waals surface area contributed by atoms with Gasteiger partial charge in [-0.05, 0) is 32.3 Å². The Morgan fingerprint density at radius 1 is 1.38 bits per heavy atom. The number of carbonyl (C=O) groups excluding carboxylic acids is 1. The first-order valence-electron chi connectivity index (χ1n) is 7.93. The van der Waals surface area contributed by atoms with Gasteiger partial charge in [-0.1, -0.05) is 38.0 Å². The van der Waals surface area contributed by atoms with Crippen LogP contribution < -0.4 is 15.8 Å². The Labute approximate surface area is 127 Å². The van der Waals surface area contributed by atoms with Gasteiger partial charge >= 0.3 is 0 Å². The minimum absolute atomic E-state index is 0.0400. The molecule has 1 saturated carbocycles. The van der Waals surface area contributed by atoms with Gasteiger partial charge in [0.2, 0.25) is 0 Å². The number of carbonyl (C=O) groups is 1. The van der Waals surface area contributed by atoms with E-state index in [2.05, 4.69) is 5.32 Å². The number of ether oxygens (including phenoxy) is 1. The maximum absolute atomic E-state index is 12.2. The molecule has 3 N–H and O–H groups in total. The number of hydrogen-bond donors (Lipinski definition) is 2. The van der Waals surface area contributed by atoms with E-state index in [0.29, 0.717) is 11.8 Å². The molecule has 0 bridgehead atoms. The molecule has 0 spiro atoms. The molecule has 1 fully saturated rings. The largest absolute Gasteiger partial charge is 0.481 e. The van der Waals surface area contributed by atoms with Gasteiger partial charge in [0, 0.05) is 17.6 Å². The van der Waals surface area contributed by atoms with Crippen LogP contribution in [0.2, 0.25) is 0 Å². The Bertz CT molecular complexity index is 470. The summed E-state index contributed by atoms with van der Waals surface area (Å²) >= 11 is 0. The van der Waals surface area contributed by atoms with Crippen LogP contribution >= 0.6 is 0 Å². The summed E-state index contributed by atoms with van der Waals surface area (Å²) in [5.41, 5.74) is 7.06. The highest BCUT2D eigenvalue weighted by atomic mass is 16.5. The van der Waals surface area contributed by atoms with E-state index in [1.165, 1.54) is 12.8 Å². The summed E-state index contributed by atoms with van der Waals surface area (Å²) in [7, 11) is 0. The van der Waals surface area contributed by atoms with E-state index < -0.39 is 6.10 Å². The third-order valence-electron chi connectivity index (χ3n) is 4.13. The molecular formula is C17H26N2O2. The third kappa shape index (κ3) is 4.21. The summed E-state index contributed by atoms with van der Waals surface area (Å²) in [6.07, 6.45) is 4.90. The van der Waals surface area contributed by atoms with E-state index in [4.69, 9.17) is 10.5 Å². The van der Waals surface area contributed by atoms with Gasteiger partial charge in [-0.3, -0.25) is 4.79 Å². The fraction of sp³-hybridized carbons (Fsp3) is 0.588. The van der Waals surface area contributed by atoms with E-state index in [9.17, 15) is 4.79 Å². The molecule has 21 heavy (non-hydrogen) atoms. The van der Waals surface area contributed by atoms with Crippen molar-refractivity contribution in [1.29, 1.82) is 0 Å². The highest BCUT2D eigenvalue weighted by molar-refractivity contribution is 5.81. The lowest BCUT2D eigenvalue weighted by Crippen LogP contribution is -2.41. The maximum Gasteiger partial charge on any atom is 0.260 e. The average Bonchev–Trinajstić information content (AvgIpc) is 2.99. The molecule has 1 aliphatic rings. The van der Waals surface area contributed by atoms with Crippen LogP contribution in [-0.2, 0) is 4.79 Å². The van der Waals surface area contributed by atoms with Gasteiger partial charge in [0.1, 0.15) is 5.75 Å². The molecule has 0 heterocycles. The molecule has 0 aromatic heterocycles. The molecule has 1 aromatic rings. The van der Waals surface area contributed by atoms with Crippen LogP contribution in [0.4, 0.5) is 0 Å². The van der Waals surface area contributed by atoms with Crippen LogP contribution in [0.3, 0.4) is 0 Å². The van der Waals surface area contributed by atoms with Gasteiger partial charge in [-0.25, -0.2) is 0 Å². The first-order chi connectivity index (χ1) is 10.1. The number of rotatable bonds is 6. The quantitative estimate of drug-likeness (QED) is 0.846. The van der Waals surface area contributed by atoms with E-state index in [-0.39, 0.29) is 11.9 Å². The molecule has 1 amide bonds. The summed E-state index contributed by atoms with van der Waals surface area (Å²) < 4.78 is 5.85. The summed E-state index contributed by atoms with van der Waals surface area (Å²) in [6, 6.07) is 7.95. The van der Waals surface area contributed by atoms with Crippen molar-refractivity contribution in [2.24, 2.45) is 5.73 Å². The molecular weight excluding hydrogens is 264 g/mol. The number of benzene rings is 1. The smallest absolute Gasteiger partial charge is 0.260 e. The van der Waals surface area contributed by atoms with E-state index in [1.54, 1.807) is 6.92 Å². The summed E-state index contributed by atoms with van der Waals surface area (Å²) in [5.74, 6) is 0.669. The van der Waals surface area contributed by atoms with Crippen LogP contribution in [0.15, 0.2) is 24.3 Å². The molecule has 2 atom stereocenters. The zero-order valence-electron chi connectivity index (χ0n) is 13.0. The SMILES string of the molecule is CC[C@H](N)c1ccccc1OC(C)C(=O)NC1CCCC1. The van der Waals surface area contributed by atoms with Crippen LogP contribution in [0, 0.1) is 0 Å². The van der Waals surface area contributed by atoms with Crippen LogP contribution in [-0.4, -0.2) is 18.1 Å². The van der Waals surface area contributed by atoms with Gasteiger partial charge < -0.3 is 15.8 Å². The number of hydrogen-bond acceptors (Lipinski definition) is 3. The Hall–Kier alpha value is -1.55. The highest BCUT2D eigenvalue weighted by Gasteiger charge is 2.22. The second-order valence-electron chi connectivity index (χ2n) is 5.80. The molecule has 1 unspecified atom stereocenters. The normalized spacial score (nSPS) is 18.2. The molecule has 0 radical (unpaired) electrons. The zero-order chi connectivity index (χ0) is 15.2. The minimum Gasteiger partial charge on any atom is -0.481 e. The number of nitrogens with one attached hydrogen (secondary N) is 1. The summed E-state index contributed by atoms with van der Waals surface area (Å²) in [5, 5.41) is 3.07. The van der Waals surface area contributed by atoms with Crippen molar-refractivity contribution in [3.8, 4) is 5.75 Å². The zero-order valence-corrected chi connectivity index (χ0v) is 13.0.